The lowest BCUT2D eigenvalue weighted by atomic mass is 10.1. The first-order valence-corrected chi connectivity index (χ1v) is 11.1. The first-order valence-electron chi connectivity index (χ1n) is 9.30. The van der Waals surface area contributed by atoms with E-state index in [0.29, 0.717) is 12.1 Å². The number of aromatic nitrogens is 3. The number of benzene rings is 1. The molecule has 5 rings (SSSR count). The molecule has 7 heteroatoms. The topological polar surface area (TPSA) is 59.8 Å². The Morgan fingerprint density at radius 2 is 1.93 bits per heavy atom. The van der Waals surface area contributed by atoms with Gasteiger partial charge in [-0.1, -0.05) is 48.2 Å². The van der Waals surface area contributed by atoms with E-state index in [1.165, 1.54) is 11.8 Å². The normalized spacial score (nSPS) is 17.6. The number of thioether (sulfide) groups is 1. The average Bonchev–Trinajstić information content (AvgIpc) is 3.60. The third kappa shape index (κ3) is 3.66. The van der Waals surface area contributed by atoms with Crippen LogP contribution in [0.1, 0.15) is 42.5 Å². The molecule has 1 N–H and O–H groups in total. The number of hydrogen-bond acceptors (Lipinski definition) is 5. The van der Waals surface area contributed by atoms with Crippen molar-refractivity contribution in [2.24, 2.45) is 0 Å². The molecule has 0 saturated heterocycles. The minimum absolute atomic E-state index is 0.0664. The number of hydrogen-bond donors (Lipinski definition) is 1. The number of nitrogens with zero attached hydrogens (tertiary/aromatic N) is 3. The second-order valence-electron chi connectivity index (χ2n) is 7.08. The third-order valence-corrected chi connectivity index (χ3v) is 6.88. The van der Waals surface area contributed by atoms with Crippen molar-refractivity contribution in [2.45, 2.75) is 48.2 Å². The zero-order valence-corrected chi connectivity index (χ0v) is 16.4. The van der Waals surface area contributed by atoms with Crippen molar-refractivity contribution < 1.29 is 4.79 Å². The summed E-state index contributed by atoms with van der Waals surface area (Å²) in [5.74, 6) is 0.987. The highest BCUT2D eigenvalue weighted by molar-refractivity contribution is 8.00. The van der Waals surface area contributed by atoms with Gasteiger partial charge in [-0.3, -0.25) is 9.36 Å². The molecular weight excluding hydrogens is 376 g/mol. The van der Waals surface area contributed by atoms with E-state index in [0.717, 1.165) is 47.1 Å². The fraction of sp³-hybridized carbons (Fsp3) is 0.350. The van der Waals surface area contributed by atoms with Crippen LogP contribution in [0.3, 0.4) is 0 Å². The highest BCUT2D eigenvalue weighted by Crippen LogP contribution is 2.44. The highest BCUT2D eigenvalue weighted by Gasteiger charge is 2.34. The Morgan fingerprint density at radius 1 is 1.11 bits per heavy atom. The molecule has 27 heavy (non-hydrogen) atoms. The number of rotatable bonds is 7. The molecule has 5 nitrogen and oxygen atoms in total. The van der Waals surface area contributed by atoms with Crippen LogP contribution in [0.15, 0.2) is 53.0 Å². The van der Waals surface area contributed by atoms with Crippen LogP contribution in [0.2, 0.25) is 0 Å². The summed E-state index contributed by atoms with van der Waals surface area (Å²) in [6, 6.07) is 14.9. The lowest BCUT2D eigenvalue weighted by molar-refractivity contribution is -0.120. The number of thiophene rings is 1. The maximum Gasteiger partial charge on any atom is 0.238 e. The Morgan fingerprint density at radius 3 is 2.59 bits per heavy atom. The minimum atomic E-state index is -0.315. The molecule has 0 unspecified atom stereocenters. The van der Waals surface area contributed by atoms with Crippen molar-refractivity contribution >= 4 is 29.0 Å². The first-order chi connectivity index (χ1) is 13.3. The highest BCUT2D eigenvalue weighted by atomic mass is 32.2. The number of carbonyl (C=O) groups excluding carboxylic acids is 1. The summed E-state index contributed by atoms with van der Waals surface area (Å²) >= 11 is 3.19. The van der Waals surface area contributed by atoms with Crippen LogP contribution < -0.4 is 5.32 Å². The summed E-state index contributed by atoms with van der Waals surface area (Å²) in [4.78, 5) is 14.1. The van der Waals surface area contributed by atoms with E-state index in [9.17, 15) is 4.79 Å². The van der Waals surface area contributed by atoms with Gasteiger partial charge in [-0.25, -0.2) is 0 Å². The van der Waals surface area contributed by atoms with E-state index in [1.54, 1.807) is 11.3 Å². The molecule has 2 aliphatic rings. The molecule has 2 fully saturated rings. The van der Waals surface area contributed by atoms with E-state index >= 15 is 0 Å². The molecule has 2 heterocycles. The van der Waals surface area contributed by atoms with Crippen molar-refractivity contribution in [1.29, 1.82) is 0 Å². The Balaban J connectivity index is 1.48. The zero-order valence-electron chi connectivity index (χ0n) is 14.7. The van der Waals surface area contributed by atoms with Gasteiger partial charge in [0.1, 0.15) is 5.25 Å². The predicted octanol–water partition coefficient (Wildman–Crippen LogP) is 4.45. The first kappa shape index (κ1) is 17.0. The Bertz CT molecular complexity index is 930. The SMILES string of the molecule is O=C(NC1CC1)[C@H](Sc1nnc(-c2cccs2)n1C1CC1)c1ccccc1. The molecule has 2 aliphatic carbocycles. The van der Waals surface area contributed by atoms with E-state index in [-0.39, 0.29) is 11.2 Å². The van der Waals surface area contributed by atoms with Crippen LogP contribution in [0.4, 0.5) is 0 Å². The van der Waals surface area contributed by atoms with Gasteiger partial charge in [0.05, 0.1) is 4.88 Å². The van der Waals surface area contributed by atoms with Gasteiger partial charge in [-0.05, 0) is 42.7 Å². The molecule has 0 aliphatic heterocycles. The fourth-order valence-corrected chi connectivity index (χ4v) is 4.93. The van der Waals surface area contributed by atoms with Gasteiger partial charge in [0.2, 0.25) is 5.91 Å². The summed E-state index contributed by atoms with van der Waals surface area (Å²) in [6.07, 6.45) is 4.46. The summed E-state index contributed by atoms with van der Waals surface area (Å²) < 4.78 is 2.23. The van der Waals surface area contributed by atoms with Crippen molar-refractivity contribution in [3.05, 3.63) is 53.4 Å². The van der Waals surface area contributed by atoms with Crippen molar-refractivity contribution in [2.75, 3.05) is 0 Å². The van der Waals surface area contributed by atoms with Crippen LogP contribution in [0, 0.1) is 0 Å². The van der Waals surface area contributed by atoms with Crippen LogP contribution >= 0.6 is 23.1 Å². The number of carbonyl (C=O) groups is 1. The van der Waals surface area contributed by atoms with Crippen LogP contribution in [0.5, 0.6) is 0 Å². The Kier molecular flexibility index (Phi) is 4.49. The molecule has 3 aromatic rings. The zero-order chi connectivity index (χ0) is 18.2. The molecule has 2 aromatic heterocycles. The van der Waals surface area contributed by atoms with Gasteiger partial charge in [-0.2, -0.15) is 0 Å². The van der Waals surface area contributed by atoms with Crippen molar-refractivity contribution in [1.82, 2.24) is 20.1 Å². The molecule has 0 bridgehead atoms. The number of nitrogens with one attached hydrogen (secondary N) is 1. The van der Waals surface area contributed by atoms with Crippen molar-refractivity contribution in [3.63, 3.8) is 0 Å². The summed E-state index contributed by atoms with van der Waals surface area (Å²) in [7, 11) is 0. The van der Waals surface area contributed by atoms with E-state index in [4.69, 9.17) is 0 Å². The molecule has 2 saturated carbocycles. The molecule has 1 aromatic carbocycles. The van der Waals surface area contributed by atoms with Gasteiger partial charge in [-0.15, -0.1) is 21.5 Å². The van der Waals surface area contributed by atoms with E-state index in [1.807, 2.05) is 36.4 Å². The number of amides is 1. The molecule has 138 valence electrons. The maximum absolute atomic E-state index is 12.9. The molecule has 1 atom stereocenters. The van der Waals surface area contributed by atoms with Crippen LogP contribution in [-0.2, 0) is 4.79 Å². The largest absolute Gasteiger partial charge is 0.352 e. The van der Waals surface area contributed by atoms with Gasteiger partial charge in [0.25, 0.3) is 0 Å². The predicted molar refractivity (Wildman–Crippen MR) is 108 cm³/mol. The lowest BCUT2D eigenvalue weighted by Crippen LogP contribution is -2.30. The van der Waals surface area contributed by atoms with Crippen LogP contribution in [-0.4, -0.2) is 26.7 Å². The van der Waals surface area contributed by atoms with Crippen LogP contribution in [0.25, 0.3) is 10.7 Å². The second-order valence-corrected chi connectivity index (χ2v) is 9.10. The smallest absolute Gasteiger partial charge is 0.238 e. The molecule has 0 radical (unpaired) electrons. The summed E-state index contributed by atoms with van der Waals surface area (Å²) in [5, 5.41) is 14.7. The second kappa shape index (κ2) is 7.13. The van der Waals surface area contributed by atoms with E-state index in [2.05, 4.69) is 31.5 Å². The summed E-state index contributed by atoms with van der Waals surface area (Å²) in [5.41, 5.74) is 1.00. The molecular formula is C20H20N4OS2. The lowest BCUT2D eigenvalue weighted by Gasteiger charge is -2.17. The average molecular weight is 397 g/mol. The third-order valence-electron chi connectivity index (χ3n) is 4.81. The Labute approximate surface area is 166 Å². The van der Waals surface area contributed by atoms with Gasteiger partial charge in [0, 0.05) is 12.1 Å². The Hall–Kier alpha value is -2.12. The molecule has 1 amide bonds. The monoisotopic (exact) mass is 396 g/mol. The standard InChI is InChI=1S/C20H20N4OS2/c25-19(21-14-8-9-14)17(13-5-2-1-3-6-13)27-20-23-22-18(16-7-4-12-26-16)24(20)15-10-11-15/h1-7,12,14-15,17H,8-11H2,(H,21,25)/t17-/m1/s1. The van der Waals surface area contributed by atoms with Crippen molar-refractivity contribution in [3.8, 4) is 10.7 Å². The maximum atomic E-state index is 12.9. The quantitative estimate of drug-likeness (QED) is 0.599. The van der Waals surface area contributed by atoms with E-state index < -0.39 is 0 Å². The van der Waals surface area contributed by atoms with Gasteiger partial charge >= 0.3 is 0 Å². The fourth-order valence-electron chi connectivity index (χ4n) is 3.10. The molecule has 0 spiro atoms. The summed E-state index contributed by atoms with van der Waals surface area (Å²) in [6.45, 7) is 0. The minimum Gasteiger partial charge on any atom is -0.352 e. The van der Waals surface area contributed by atoms with Gasteiger partial charge in [0.15, 0.2) is 11.0 Å². The van der Waals surface area contributed by atoms with Gasteiger partial charge < -0.3 is 5.32 Å².